The molecule has 0 atom stereocenters. The van der Waals surface area contributed by atoms with E-state index in [2.05, 4.69) is 23.8 Å². The van der Waals surface area contributed by atoms with Crippen LogP contribution in [-0.4, -0.2) is 9.97 Å². The first-order valence-corrected chi connectivity index (χ1v) is 6.45. The lowest BCUT2D eigenvalue weighted by Gasteiger charge is -2.33. The zero-order chi connectivity index (χ0) is 11.8. The molecule has 0 unspecified atom stereocenters. The first kappa shape index (κ1) is 11.8. The Balaban J connectivity index is 2.17. The normalized spacial score (nSPS) is 20.9. The Bertz CT molecular complexity index is 424. The predicted octanol–water partition coefficient (Wildman–Crippen LogP) is 4.13. The van der Waals surface area contributed by atoms with E-state index in [9.17, 15) is 0 Å². The van der Waals surface area contributed by atoms with Gasteiger partial charge in [-0.1, -0.05) is 26.1 Å². The second kappa shape index (κ2) is 4.28. The topological polar surface area (TPSA) is 28.7 Å². The molecule has 2 rings (SSSR count). The Morgan fingerprint density at radius 3 is 2.56 bits per heavy atom. The molecule has 0 radical (unpaired) electrons. The molecule has 1 aromatic heterocycles. The summed E-state index contributed by atoms with van der Waals surface area (Å²) in [5, 5.41) is 0. The van der Waals surface area contributed by atoms with E-state index in [-0.39, 0.29) is 0 Å². The molecule has 1 aromatic rings. The van der Waals surface area contributed by atoms with E-state index in [1.807, 2.05) is 13.0 Å². The fourth-order valence-corrected chi connectivity index (χ4v) is 2.74. The maximum atomic E-state index is 5.17. The van der Waals surface area contributed by atoms with Crippen molar-refractivity contribution in [2.75, 3.05) is 0 Å². The first-order chi connectivity index (χ1) is 7.46. The first-order valence-electron chi connectivity index (χ1n) is 6.04. The van der Waals surface area contributed by atoms with Crippen LogP contribution < -0.4 is 0 Å². The Morgan fingerprint density at radius 2 is 2.00 bits per heavy atom. The predicted molar refractivity (Wildman–Crippen MR) is 69.1 cm³/mol. The fourth-order valence-electron chi connectivity index (χ4n) is 2.47. The van der Waals surface area contributed by atoms with Crippen LogP contribution in [0.25, 0.3) is 0 Å². The molecule has 1 N–H and O–H groups in total. The van der Waals surface area contributed by atoms with Gasteiger partial charge in [-0.3, -0.25) is 0 Å². The maximum absolute atomic E-state index is 5.17. The monoisotopic (exact) mass is 236 g/mol. The zero-order valence-corrected chi connectivity index (χ0v) is 11.2. The van der Waals surface area contributed by atoms with Crippen LogP contribution >= 0.6 is 12.2 Å². The quantitative estimate of drug-likeness (QED) is 0.743. The summed E-state index contributed by atoms with van der Waals surface area (Å²) in [5.41, 5.74) is 1.64. The number of nitrogens with zero attached hydrogens (tertiary/aromatic N) is 1. The van der Waals surface area contributed by atoms with Crippen LogP contribution in [0.4, 0.5) is 0 Å². The number of aromatic nitrogens is 2. The van der Waals surface area contributed by atoms with Gasteiger partial charge in [0.1, 0.15) is 10.5 Å². The van der Waals surface area contributed by atoms with Gasteiger partial charge < -0.3 is 4.98 Å². The van der Waals surface area contributed by atoms with Crippen molar-refractivity contribution in [3.8, 4) is 0 Å². The van der Waals surface area contributed by atoms with E-state index >= 15 is 0 Å². The van der Waals surface area contributed by atoms with Crippen LogP contribution in [0.2, 0.25) is 0 Å². The molecule has 1 aliphatic carbocycles. The lowest BCUT2D eigenvalue weighted by molar-refractivity contribution is 0.220. The minimum Gasteiger partial charge on any atom is -0.347 e. The number of H-pyrrole nitrogens is 1. The number of hydrogen-bond donors (Lipinski definition) is 1. The van der Waals surface area contributed by atoms with Crippen molar-refractivity contribution in [2.45, 2.75) is 52.4 Å². The third kappa shape index (κ3) is 2.70. The van der Waals surface area contributed by atoms with Gasteiger partial charge in [0, 0.05) is 11.6 Å². The molecule has 16 heavy (non-hydrogen) atoms. The molecule has 1 saturated carbocycles. The van der Waals surface area contributed by atoms with Crippen molar-refractivity contribution in [3.05, 3.63) is 22.2 Å². The van der Waals surface area contributed by atoms with Crippen LogP contribution in [-0.2, 0) is 0 Å². The van der Waals surface area contributed by atoms with E-state index < -0.39 is 0 Å². The van der Waals surface area contributed by atoms with E-state index in [0.29, 0.717) is 11.3 Å². The van der Waals surface area contributed by atoms with Gasteiger partial charge in [-0.2, -0.15) is 0 Å². The van der Waals surface area contributed by atoms with Crippen LogP contribution in [0.3, 0.4) is 0 Å². The van der Waals surface area contributed by atoms with Crippen LogP contribution in [0.15, 0.2) is 6.07 Å². The third-order valence-electron chi connectivity index (χ3n) is 3.62. The second-order valence-corrected chi connectivity index (χ2v) is 6.14. The van der Waals surface area contributed by atoms with E-state index in [0.717, 1.165) is 16.2 Å². The molecule has 0 spiro atoms. The van der Waals surface area contributed by atoms with Gasteiger partial charge in [0.05, 0.1) is 0 Å². The minimum atomic E-state index is 0.511. The highest BCUT2D eigenvalue weighted by Crippen LogP contribution is 2.41. The molecule has 0 amide bonds. The average molecular weight is 236 g/mol. The Labute approximate surface area is 103 Å². The molecule has 88 valence electrons. The SMILES string of the molecule is Cc1cc(=S)nc(C2CCC(C)(C)CC2)[nH]1. The van der Waals surface area contributed by atoms with Crippen LogP contribution in [0.5, 0.6) is 0 Å². The molecule has 2 nitrogen and oxygen atoms in total. The summed E-state index contributed by atoms with van der Waals surface area (Å²) in [7, 11) is 0. The summed E-state index contributed by atoms with van der Waals surface area (Å²) in [6, 6.07) is 1.92. The minimum absolute atomic E-state index is 0.511. The molecule has 1 heterocycles. The maximum Gasteiger partial charge on any atom is 0.129 e. The Morgan fingerprint density at radius 1 is 1.38 bits per heavy atom. The molecule has 0 aromatic carbocycles. The van der Waals surface area contributed by atoms with Crippen LogP contribution in [0.1, 0.15) is 57.0 Å². The van der Waals surface area contributed by atoms with Gasteiger partial charge in [-0.25, -0.2) is 4.98 Å². The number of aromatic amines is 1. The number of rotatable bonds is 1. The van der Waals surface area contributed by atoms with Gasteiger partial charge in [0.15, 0.2) is 0 Å². The summed E-state index contributed by atoms with van der Waals surface area (Å²) in [6.07, 6.45) is 5.03. The van der Waals surface area contributed by atoms with Crippen molar-refractivity contribution < 1.29 is 0 Å². The smallest absolute Gasteiger partial charge is 0.129 e. The van der Waals surface area contributed by atoms with Gasteiger partial charge in [-0.15, -0.1) is 0 Å². The van der Waals surface area contributed by atoms with Gasteiger partial charge in [-0.05, 0) is 44.1 Å². The van der Waals surface area contributed by atoms with E-state index in [1.54, 1.807) is 0 Å². The highest BCUT2D eigenvalue weighted by atomic mass is 32.1. The van der Waals surface area contributed by atoms with Gasteiger partial charge in [0.2, 0.25) is 0 Å². The van der Waals surface area contributed by atoms with E-state index in [4.69, 9.17) is 12.2 Å². The largest absolute Gasteiger partial charge is 0.347 e. The summed E-state index contributed by atoms with van der Waals surface area (Å²) in [5.74, 6) is 1.68. The fraction of sp³-hybridized carbons (Fsp3) is 0.692. The summed E-state index contributed by atoms with van der Waals surface area (Å²) in [4.78, 5) is 7.83. The summed E-state index contributed by atoms with van der Waals surface area (Å²) in [6.45, 7) is 6.76. The van der Waals surface area contributed by atoms with Gasteiger partial charge in [0.25, 0.3) is 0 Å². The lowest BCUT2D eigenvalue weighted by Crippen LogP contribution is -2.21. The summed E-state index contributed by atoms with van der Waals surface area (Å²) >= 11 is 5.17. The van der Waals surface area contributed by atoms with Gasteiger partial charge >= 0.3 is 0 Å². The average Bonchev–Trinajstić information content (AvgIpc) is 2.15. The van der Waals surface area contributed by atoms with Crippen molar-refractivity contribution in [1.82, 2.24) is 9.97 Å². The highest BCUT2D eigenvalue weighted by molar-refractivity contribution is 7.71. The second-order valence-electron chi connectivity index (χ2n) is 5.73. The van der Waals surface area contributed by atoms with Crippen molar-refractivity contribution in [2.24, 2.45) is 5.41 Å². The number of aryl methyl sites for hydroxylation is 1. The molecule has 1 fully saturated rings. The lowest BCUT2D eigenvalue weighted by atomic mass is 9.73. The number of nitrogens with one attached hydrogen (secondary N) is 1. The van der Waals surface area contributed by atoms with Crippen LogP contribution in [0, 0.1) is 17.0 Å². The molecule has 0 bridgehead atoms. The molecular weight excluding hydrogens is 216 g/mol. The highest BCUT2D eigenvalue weighted by Gasteiger charge is 2.28. The molecule has 0 aliphatic heterocycles. The molecular formula is C13H20N2S. The zero-order valence-electron chi connectivity index (χ0n) is 10.3. The molecule has 1 aliphatic rings. The summed E-state index contributed by atoms with van der Waals surface area (Å²) < 4.78 is 0.719. The molecule has 0 saturated heterocycles. The van der Waals surface area contributed by atoms with Crippen molar-refractivity contribution >= 4 is 12.2 Å². The van der Waals surface area contributed by atoms with Crippen molar-refractivity contribution in [3.63, 3.8) is 0 Å². The standard InChI is InChI=1S/C13H20N2S/c1-9-8-11(16)15-12(14-9)10-4-6-13(2,3)7-5-10/h8,10H,4-7H2,1-3H3,(H,14,15,16). The van der Waals surface area contributed by atoms with E-state index in [1.165, 1.54) is 25.7 Å². The third-order valence-corrected chi connectivity index (χ3v) is 3.83. The Hall–Kier alpha value is -0.700. The Kier molecular flexibility index (Phi) is 3.15. The van der Waals surface area contributed by atoms with Crippen molar-refractivity contribution in [1.29, 1.82) is 0 Å². The molecule has 3 heteroatoms. The number of hydrogen-bond acceptors (Lipinski definition) is 2.